The Morgan fingerprint density at radius 2 is 0.810 bits per heavy atom. The van der Waals surface area contributed by atoms with E-state index in [1.807, 2.05) is 0 Å². The first-order chi connectivity index (χ1) is 9.73. The third kappa shape index (κ3) is 2.45. The maximum atomic E-state index is 13.2. The van der Waals surface area contributed by atoms with Gasteiger partial charge in [0.1, 0.15) is 0 Å². The van der Waals surface area contributed by atoms with E-state index in [2.05, 4.69) is 14.7 Å². The molecule has 2 aromatic heterocycles. The van der Waals surface area contributed by atoms with E-state index in [1.165, 1.54) is 0 Å². The van der Waals surface area contributed by atoms with Crippen molar-refractivity contribution in [1.82, 2.24) is 9.97 Å². The summed E-state index contributed by atoms with van der Waals surface area (Å²) in [6, 6.07) is 0. The summed E-state index contributed by atoms with van der Waals surface area (Å²) in [6.07, 6.45) is 0. The molecule has 112 valence electrons. The van der Waals surface area contributed by atoms with E-state index in [1.54, 1.807) is 0 Å². The van der Waals surface area contributed by atoms with Crippen LogP contribution >= 0.6 is 0 Å². The van der Waals surface area contributed by atoms with Crippen molar-refractivity contribution < 1.29 is 39.9 Å². The maximum Gasteiger partial charge on any atom is 0.263 e. The van der Waals surface area contributed by atoms with Crippen LogP contribution in [0.25, 0.3) is 0 Å². The average Bonchev–Trinajstić information content (AvgIpc) is 2.45. The molecule has 21 heavy (non-hydrogen) atoms. The van der Waals surface area contributed by atoms with Gasteiger partial charge in [-0.05, 0) is 0 Å². The van der Waals surface area contributed by atoms with E-state index >= 15 is 0 Å². The molecule has 0 spiro atoms. The van der Waals surface area contributed by atoms with Crippen LogP contribution in [0.3, 0.4) is 0 Å². The van der Waals surface area contributed by atoms with Crippen molar-refractivity contribution in [2.75, 3.05) is 0 Å². The van der Waals surface area contributed by atoms with Gasteiger partial charge >= 0.3 is 0 Å². The molecular weight excluding hydrogens is 316 g/mol. The molecule has 0 saturated heterocycles. The highest BCUT2D eigenvalue weighted by Gasteiger charge is 2.26. The summed E-state index contributed by atoms with van der Waals surface area (Å²) in [5, 5.41) is 0. The molecule has 0 fully saturated rings. The van der Waals surface area contributed by atoms with Gasteiger partial charge < -0.3 is 4.74 Å². The van der Waals surface area contributed by atoms with Gasteiger partial charge in [0.05, 0.1) is 0 Å². The zero-order valence-corrected chi connectivity index (χ0v) is 9.33. The lowest BCUT2D eigenvalue weighted by Gasteiger charge is -2.07. The molecule has 0 bridgehead atoms. The van der Waals surface area contributed by atoms with Crippen LogP contribution < -0.4 is 4.74 Å². The van der Waals surface area contributed by atoms with Gasteiger partial charge in [-0.1, -0.05) is 0 Å². The number of hydrogen-bond donors (Lipinski definition) is 0. The molecule has 0 N–H and O–H groups in total. The molecule has 11 heteroatoms. The second-order valence-corrected chi connectivity index (χ2v) is 3.40. The van der Waals surface area contributed by atoms with Gasteiger partial charge in [-0.3, -0.25) is 0 Å². The van der Waals surface area contributed by atoms with Crippen LogP contribution in [0.1, 0.15) is 0 Å². The standard InChI is InChI=1S/C10F8N2O/c11-1-3(13)7(17)19-9(5(1)15)21-10-6(16)2(12)4(14)8(18)20-10. The summed E-state index contributed by atoms with van der Waals surface area (Å²) in [7, 11) is 0. The van der Waals surface area contributed by atoms with Gasteiger partial charge in [0.15, 0.2) is 0 Å². The number of ether oxygens (including phenoxy) is 1. The maximum absolute atomic E-state index is 13.2. The molecule has 0 aliphatic carbocycles. The molecule has 0 unspecified atom stereocenters. The lowest BCUT2D eigenvalue weighted by atomic mass is 10.4. The molecule has 0 aromatic carbocycles. The normalized spacial score (nSPS) is 10.9. The molecule has 0 atom stereocenters. The summed E-state index contributed by atoms with van der Waals surface area (Å²) >= 11 is 0. The van der Waals surface area contributed by atoms with Gasteiger partial charge in [-0.25, -0.2) is 8.78 Å². The van der Waals surface area contributed by atoms with Crippen LogP contribution in [0.4, 0.5) is 35.1 Å². The number of hydrogen-bond acceptors (Lipinski definition) is 3. The zero-order chi connectivity index (χ0) is 15.9. The fraction of sp³-hybridized carbons (Fsp3) is 0. The van der Waals surface area contributed by atoms with E-state index < -0.39 is 58.6 Å². The minimum Gasteiger partial charge on any atom is -0.414 e. The van der Waals surface area contributed by atoms with Crippen molar-refractivity contribution >= 4 is 0 Å². The van der Waals surface area contributed by atoms with E-state index in [4.69, 9.17) is 0 Å². The van der Waals surface area contributed by atoms with Crippen molar-refractivity contribution in [3.63, 3.8) is 0 Å². The highest BCUT2D eigenvalue weighted by molar-refractivity contribution is 5.25. The van der Waals surface area contributed by atoms with Crippen LogP contribution in [0, 0.1) is 46.8 Å². The minimum absolute atomic E-state index is 1.69. The molecule has 2 rings (SSSR count). The second kappa shape index (κ2) is 5.14. The Labute approximate surface area is 109 Å². The summed E-state index contributed by atoms with van der Waals surface area (Å²) in [4.78, 5) is 4.85. The fourth-order valence-corrected chi connectivity index (χ4v) is 1.16. The third-order valence-corrected chi connectivity index (χ3v) is 2.10. The van der Waals surface area contributed by atoms with Gasteiger partial charge in [0.2, 0.25) is 34.9 Å². The van der Waals surface area contributed by atoms with Crippen LogP contribution in [0.15, 0.2) is 0 Å². The number of aromatic nitrogens is 2. The lowest BCUT2D eigenvalue weighted by molar-refractivity contribution is 0.309. The van der Waals surface area contributed by atoms with Gasteiger partial charge in [0.25, 0.3) is 23.7 Å². The van der Waals surface area contributed by atoms with Crippen molar-refractivity contribution in [2.24, 2.45) is 0 Å². The van der Waals surface area contributed by atoms with Gasteiger partial charge in [0, 0.05) is 0 Å². The average molecular weight is 316 g/mol. The van der Waals surface area contributed by atoms with E-state index in [9.17, 15) is 35.1 Å². The number of pyridine rings is 2. The number of nitrogens with zero attached hydrogens (tertiary/aromatic N) is 2. The lowest BCUT2D eigenvalue weighted by Crippen LogP contribution is -2.07. The Hall–Kier alpha value is -2.46. The SMILES string of the molecule is Fc1nc(Oc2nc(F)c(F)c(F)c2F)c(F)c(F)c1F. The third-order valence-electron chi connectivity index (χ3n) is 2.10. The minimum atomic E-state index is -2.36. The Kier molecular flexibility index (Phi) is 3.66. The van der Waals surface area contributed by atoms with Gasteiger partial charge in [-0.2, -0.15) is 36.3 Å². The van der Waals surface area contributed by atoms with Crippen molar-refractivity contribution in [2.45, 2.75) is 0 Å². The Bertz CT molecular complexity index is 674. The molecule has 0 radical (unpaired) electrons. The molecular formula is C10F8N2O. The molecule has 2 aromatic rings. The summed E-state index contributed by atoms with van der Waals surface area (Å²) in [5.74, 6) is -21.4. The molecule has 0 aliphatic heterocycles. The molecule has 3 nitrogen and oxygen atoms in total. The molecule has 0 amide bonds. The summed E-state index contributed by atoms with van der Waals surface area (Å²) in [6.45, 7) is 0. The molecule has 2 heterocycles. The Morgan fingerprint density at radius 3 is 1.14 bits per heavy atom. The Balaban J connectivity index is 2.54. The highest BCUT2D eigenvalue weighted by Crippen LogP contribution is 2.28. The first kappa shape index (κ1) is 14.9. The Morgan fingerprint density at radius 1 is 0.476 bits per heavy atom. The molecule has 0 saturated carbocycles. The smallest absolute Gasteiger partial charge is 0.263 e. The monoisotopic (exact) mass is 316 g/mol. The van der Waals surface area contributed by atoms with E-state index in [0.29, 0.717) is 0 Å². The van der Waals surface area contributed by atoms with Crippen LogP contribution in [-0.2, 0) is 0 Å². The predicted molar refractivity (Wildman–Crippen MR) is 48.2 cm³/mol. The van der Waals surface area contributed by atoms with Crippen molar-refractivity contribution in [3.05, 3.63) is 46.8 Å². The highest BCUT2D eigenvalue weighted by atomic mass is 19.2. The van der Waals surface area contributed by atoms with Crippen molar-refractivity contribution in [3.8, 4) is 11.8 Å². The first-order valence-electron chi connectivity index (χ1n) is 4.81. The largest absolute Gasteiger partial charge is 0.414 e. The number of halogens is 8. The fourth-order valence-electron chi connectivity index (χ4n) is 1.16. The van der Waals surface area contributed by atoms with E-state index in [-0.39, 0.29) is 0 Å². The first-order valence-corrected chi connectivity index (χ1v) is 4.81. The number of rotatable bonds is 2. The molecule has 0 aliphatic rings. The summed E-state index contributed by atoms with van der Waals surface area (Å²) in [5.41, 5.74) is 0. The van der Waals surface area contributed by atoms with Crippen LogP contribution in [0.5, 0.6) is 11.8 Å². The van der Waals surface area contributed by atoms with Gasteiger partial charge in [-0.15, -0.1) is 0 Å². The van der Waals surface area contributed by atoms with Crippen molar-refractivity contribution in [1.29, 1.82) is 0 Å². The second-order valence-electron chi connectivity index (χ2n) is 3.40. The van der Waals surface area contributed by atoms with Crippen LogP contribution in [0.2, 0.25) is 0 Å². The predicted octanol–water partition coefficient (Wildman–Crippen LogP) is 3.38. The summed E-state index contributed by atoms with van der Waals surface area (Å²) < 4.78 is 107. The van der Waals surface area contributed by atoms with Crippen LogP contribution in [-0.4, -0.2) is 9.97 Å². The quantitative estimate of drug-likeness (QED) is 0.629. The zero-order valence-electron chi connectivity index (χ0n) is 9.33. The van der Waals surface area contributed by atoms with E-state index in [0.717, 1.165) is 0 Å². The topological polar surface area (TPSA) is 35.0 Å².